The van der Waals surface area contributed by atoms with Gasteiger partial charge in [0.25, 0.3) is 5.91 Å². The van der Waals surface area contributed by atoms with Gasteiger partial charge in [-0.2, -0.15) is 0 Å². The normalized spacial score (nSPS) is 18.7. The molecule has 3 aromatic rings. The number of carbonyl (C=O) groups is 2. The van der Waals surface area contributed by atoms with E-state index >= 15 is 0 Å². The second kappa shape index (κ2) is 9.13. The minimum Gasteiger partial charge on any atom is -0.354 e. The van der Waals surface area contributed by atoms with Crippen molar-refractivity contribution in [3.63, 3.8) is 0 Å². The van der Waals surface area contributed by atoms with E-state index in [4.69, 9.17) is 0 Å². The van der Waals surface area contributed by atoms with Gasteiger partial charge in [-0.25, -0.2) is 0 Å². The second-order valence-electron chi connectivity index (χ2n) is 9.60. The minimum absolute atomic E-state index is 0.0782. The van der Waals surface area contributed by atoms with Crippen molar-refractivity contribution >= 4 is 22.7 Å². The number of nitrogens with zero attached hydrogens (tertiary/aromatic N) is 2. The molecule has 0 bridgehead atoms. The standard InChI is InChI=1S/C29H33N3O2/c1-19-26(24-15-9-10-16-25(24)31(19)3)27-22-13-7-8-14-23(22)29(34)32(27)20(2)28(33)30-18-17-21-11-5-4-6-12-21/h7-11,13-16,20,27H,4-6,12,17-18H2,1-3H3,(H,30,33). The van der Waals surface area contributed by atoms with E-state index in [1.165, 1.54) is 18.4 Å². The van der Waals surface area contributed by atoms with Gasteiger partial charge in [-0.15, -0.1) is 0 Å². The van der Waals surface area contributed by atoms with Gasteiger partial charge in [0.1, 0.15) is 6.04 Å². The Labute approximate surface area is 201 Å². The molecule has 0 radical (unpaired) electrons. The molecule has 5 rings (SSSR count). The molecule has 1 aliphatic carbocycles. The highest BCUT2D eigenvalue weighted by molar-refractivity contribution is 6.03. The maximum Gasteiger partial charge on any atom is 0.255 e. The Kier molecular flexibility index (Phi) is 6.03. The van der Waals surface area contributed by atoms with Crippen LogP contribution in [-0.2, 0) is 11.8 Å². The lowest BCUT2D eigenvalue weighted by Gasteiger charge is -2.31. The van der Waals surface area contributed by atoms with Crippen molar-refractivity contribution in [3.05, 3.63) is 82.6 Å². The molecule has 176 valence electrons. The average Bonchev–Trinajstić information content (AvgIpc) is 3.29. The number of benzene rings is 2. The van der Waals surface area contributed by atoms with Crippen LogP contribution in [0.4, 0.5) is 0 Å². The zero-order chi connectivity index (χ0) is 23.8. The van der Waals surface area contributed by atoms with Crippen molar-refractivity contribution in [1.29, 1.82) is 0 Å². The van der Waals surface area contributed by atoms with Gasteiger partial charge in [0.05, 0.1) is 6.04 Å². The van der Waals surface area contributed by atoms with Crippen molar-refractivity contribution in [3.8, 4) is 0 Å². The Morgan fingerprint density at radius 3 is 2.68 bits per heavy atom. The Morgan fingerprint density at radius 2 is 1.88 bits per heavy atom. The number of aromatic nitrogens is 1. The van der Waals surface area contributed by atoms with Crippen molar-refractivity contribution in [1.82, 2.24) is 14.8 Å². The van der Waals surface area contributed by atoms with Crippen molar-refractivity contribution in [2.75, 3.05) is 6.54 Å². The topological polar surface area (TPSA) is 54.3 Å². The second-order valence-corrected chi connectivity index (χ2v) is 9.60. The van der Waals surface area contributed by atoms with Crippen LogP contribution in [0.3, 0.4) is 0 Å². The molecule has 0 saturated carbocycles. The van der Waals surface area contributed by atoms with Gasteiger partial charge in [-0.05, 0) is 63.6 Å². The number of fused-ring (bicyclic) bond motifs is 2. The Bertz CT molecular complexity index is 1290. The van der Waals surface area contributed by atoms with Crippen molar-refractivity contribution < 1.29 is 9.59 Å². The molecule has 1 aliphatic heterocycles. The number of aryl methyl sites for hydroxylation is 1. The van der Waals surface area contributed by atoms with Crippen LogP contribution in [0.15, 0.2) is 60.2 Å². The molecule has 34 heavy (non-hydrogen) atoms. The molecule has 0 spiro atoms. The third-order valence-corrected chi connectivity index (χ3v) is 7.65. The summed E-state index contributed by atoms with van der Waals surface area (Å²) in [5, 5.41) is 4.23. The first kappa shape index (κ1) is 22.5. The largest absolute Gasteiger partial charge is 0.354 e. The molecule has 0 fully saturated rings. The van der Waals surface area contributed by atoms with Crippen molar-refractivity contribution in [2.45, 2.75) is 58.0 Å². The molecule has 2 heterocycles. The highest BCUT2D eigenvalue weighted by Crippen LogP contribution is 2.44. The number of rotatable bonds is 6. The number of hydrogen-bond donors (Lipinski definition) is 1. The summed E-state index contributed by atoms with van der Waals surface area (Å²) in [6, 6.07) is 15.2. The summed E-state index contributed by atoms with van der Waals surface area (Å²) in [7, 11) is 2.06. The first-order valence-corrected chi connectivity index (χ1v) is 12.4. The maximum atomic E-state index is 13.6. The predicted molar refractivity (Wildman–Crippen MR) is 136 cm³/mol. The van der Waals surface area contributed by atoms with E-state index in [0.717, 1.165) is 47.0 Å². The molecule has 5 heteroatoms. The van der Waals surface area contributed by atoms with Crippen LogP contribution in [0.5, 0.6) is 0 Å². The minimum atomic E-state index is -0.580. The number of amides is 2. The molecule has 1 N–H and O–H groups in total. The number of hydrogen-bond acceptors (Lipinski definition) is 2. The number of para-hydroxylation sites is 1. The summed E-state index contributed by atoms with van der Waals surface area (Å²) in [5.41, 5.74) is 6.43. The fraction of sp³-hybridized carbons (Fsp3) is 0.379. The Morgan fingerprint density at radius 1 is 1.12 bits per heavy atom. The summed E-state index contributed by atoms with van der Waals surface area (Å²) >= 11 is 0. The lowest BCUT2D eigenvalue weighted by molar-refractivity contribution is -0.125. The summed E-state index contributed by atoms with van der Waals surface area (Å²) in [6.45, 7) is 4.57. The third kappa shape index (κ3) is 3.73. The smallest absolute Gasteiger partial charge is 0.255 e. The van der Waals surface area contributed by atoms with E-state index in [1.54, 1.807) is 4.90 Å². The zero-order valence-corrected chi connectivity index (χ0v) is 20.3. The van der Waals surface area contributed by atoms with Gasteiger partial charge >= 0.3 is 0 Å². The third-order valence-electron chi connectivity index (χ3n) is 7.65. The van der Waals surface area contributed by atoms with E-state index in [0.29, 0.717) is 12.1 Å². The molecular formula is C29H33N3O2. The van der Waals surface area contributed by atoms with Gasteiger partial charge in [-0.3, -0.25) is 9.59 Å². The molecule has 1 aromatic heterocycles. The predicted octanol–water partition coefficient (Wildman–Crippen LogP) is 5.43. The van der Waals surface area contributed by atoms with Crippen LogP contribution in [0.1, 0.15) is 72.2 Å². The van der Waals surface area contributed by atoms with Crippen LogP contribution < -0.4 is 5.32 Å². The van der Waals surface area contributed by atoms with Gasteiger partial charge < -0.3 is 14.8 Å². The first-order chi connectivity index (χ1) is 16.5. The lowest BCUT2D eigenvalue weighted by atomic mass is 9.95. The number of nitrogens with one attached hydrogen (secondary N) is 1. The lowest BCUT2D eigenvalue weighted by Crippen LogP contribution is -2.47. The number of carbonyl (C=O) groups excluding carboxylic acids is 2. The Balaban J connectivity index is 1.48. The fourth-order valence-corrected chi connectivity index (χ4v) is 5.68. The number of allylic oxidation sites excluding steroid dienone is 1. The van der Waals surface area contributed by atoms with Gasteiger partial charge in [0.15, 0.2) is 0 Å². The summed E-state index contributed by atoms with van der Waals surface area (Å²) < 4.78 is 2.18. The quantitative estimate of drug-likeness (QED) is 0.504. The van der Waals surface area contributed by atoms with E-state index in [2.05, 4.69) is 42.1 Å². The van der Waals surface area contributed by atoms with Crippen molar-refractivity contribution in [2.24, 2.45) is 7.05 Å². The summed E-state index contributed by atoms with van der Waals surface area (Å²) in [5.74, 6) is -0.175. The summed E-state index contributed by atoms with van der Waals surface area (Å²) in [6.07, 6.45) is 7.99. The van der Waals surface area contributed by atoms with E-state index in [-0.39, 0.29) is 17.9 Å². The molecule has 2 aromatic carbocycles. The SMILES string of the molecule is Cc1c(C2c3ccccc3C(=O)N2C(C)C(=O)NCCC2=CCCCC2)c2ccccc2n1C. The molecule has 0 saturated heterocycles. The summed E-state index contributed by atoms with van der Waals surface area (Å²) in [4.78, 5) is 28.7. The Hall–Kier alpha value is -3.34. The fourth-order valence-electron chi connectivity index (χ4n) is 5.68. The highest BCUT2D eigenvalue weighted by atomic mass is 16.2. The van der Waals surface area contributed by atoms with Crippen LogP contribution in [0.2, 0.25) is 0 Å². The van der Waals surface area contributed by atoms with Crippen LogP contribution in [0.25, 0.3) is 10.9 Å². The van der Waals surface area contributed by atoms with Crippen LogP contribution in [-0.4, -0.2) is 33.9 Å². The van der Waals surface area contributed by atoms with E-state index in [1.807, 2.05) is 43.3 Å². The van der Waals surface area contributed by atoms with E-state index < -0.39 is 6.04 Å². The zero-order valence-electron chi connectivity index (χ0n) is 20.3. The van der Waals surface area contributed by atoms with Gasteiger partial charge in [0, 0.05) is 41.3 Å². The monoisotopic (exact) mass is 455 g/mol. The van der Waals surface area contributed by atoms with Gasteiger partial charge in [-0.1, -0.05) is 48.0 Å². The van der Waals surface area contributed by atoms with Gasteiger partial charge in [0.2, 0.25) is 5.91 Å². The molecule has 2 amide bonds. The maximum absolute atomic E-state index is 13.6. The van der Waals surface area contributed by atoms with E-state index in [9.17, 15) is 9.59 Å². The first-order valence-electron chi connectivity index (χ1n) is 12.4. The van der Waals surface area contributed by atoms with Crippen LogP contribution in [0, 0.1) is 6.92 Å². The van der Waals surface area contributed by atoms with Crippen LogP contribution >= 0.6 is 0 Å². The average molecular weight is 456 g/mol. The molecule has 2 atom stereocenters. The molecule has 2 aliphatic rings. The molecule has 5 nitrogen and oxygen atoms in total. The molecule has 2 unspecified atom stereocenters. The highest BCUT2D eigenvalue weighted by Gasteiger charge is 2.43. The molecular weight excluding hydrogens is 422 g/mol.